The molecule has 2 rings (SSSR count). The molecule has 0 saturated heterocycles. The van der Waals surface area contributed by atoms with Gasteiger partial charge in [-0.15, -0.1) is 11.3 Å². The Morgan fingerprint density at radius 1 is 1.47 bits per heavy atom. The second-order valence-corrected chi connectivity index (χ2v) is 6.63. The maximum absolute atomic E-state index is 12.1. The van der Waals surface area contributed by atoms with E-state index in [0.29, 0.717) is 5.56 Å². The van der Waals surface area contributed by atoms with Crippen molar-refractivity contribution < 1.29 is 8.42 Å². The molecule has 19 heavy (non-hydrogen) atoms. The van der Waals surface area contributed by atoms with E-state index in [4.69, 9.17) is 11.0 Å². The maximum atomic E-state index is 12.1. The van der Waals surface area contributed by atoms with Gasteiger partial charge in [-0.3, -0.25) is 4.72 Å². The van der Waals surface area contributed by atoms with Crippen LogP contribution in [-0.2, 0) is 10.0 Å². The first-order valence-electron chi connectivity index (χ1n) is 5.17. The van der Waals surface area contributed by atoms with Gasteiger partial charge in [0.25, 0.3) is 10.0 Å². The summed E-state index contributed by atoms with van der Waals surface area (Å²) in [6.45, 7) is 1.82. The summed E-state index contributed by atoms with van der Waals surface area (Å²) in [5.74, 6) is 0. The molecule has 0 aliphatic carbocycles. The minimum atomic E-state index is -3.79. The fourth-order valence-electron chi connectivity index (χ4n) is 1.43. The predicted octanol–water partition coefficient (Wildman–Crippen LogP) is 1.71. The molecule has 6 nitrogen and oxygen atoms in total. The lowest BCUT2D eigenvalue weighted by Crippen LogP contribution is -2.14. The van der Waals surface area contributed by atoms with E-state index in [9.17, 15) is 8.42 Å². The number of nitrogens with one attached hydrogen (secondary N) is 1. The highest BCUT2D eigenvalue weighted by Gasteiger charge is 2.19. The van der Waals surface area contributed by atoms with E-state index < -0.39 is 10.0 Å². The SMILES string of the molecule is Cc1cnc(NS(=O)(=O)c2ccc(C#N)cc2N)s1. The highest BCUT2D eigenvalue weighted by molar-refractivity contribution is 7.93. The number of rotatable bonds is 3. The van der Waals surface area contributed by atoms with Crippen LogP contribution in [-0.4, -0.2) is 13.4 Å². The molecule has 0 spiro atoms. The molecule has 3 N–H and O–H groups in total. The van der Waals surface area contributed by atoms with Crippen molar-refractivity contribution in [2.75, 3.05) is 10.5 Å². The molecule has 8 heteroatoms. The second kappa shape index (κ2) is 4.87. The molecule has 2 aromatic rings. The van der Waals surface area contributed by atoms with Crippen molar-refractivity contribution in [1.82, 2.24) is 4.98 Å². The zero-order valence-electron chi connectivity index (χ0n) is 9.91. The van der Waals surface area contributed by atoms with Crippen LogP contribution in [0.25, 0.3) is 0 Å². The van der Waals surface area contributed by atoms with E-state index in [-0.39, 0.29) is 15.7 Å². The molecule has 0 saturated carbocycles. The van der Waals surface area contributed by atoms with E-state index in [1.54, 1.807) is 6.20 Å². The quantitative estimate of drug-likeness (QED) is 0.837. The first kappa shape index (κ1) is 13.3. The van der Waals surface area contributed by atoms with Crippen molar-refractivity contribution in [3.05, 3.63) is 34.8 Å². The average molecular weight is 294 g/mol. The summed E-state index contributed by atoms with van der Waals surface area (Å²) in [7, 11) is -3.79. The molecule has 1 heterocycles. The number of nitrogen functional groups attached to an aromatic ring is 1. The first-order valence-corrected chi connectivity index (χ1v) is 7.47. The molecule has 0 aliphatic rings. The highest BCUT2D eigenvalue weighted by Crippen LogP contribution is 2.24. The Hall–Kier alpha value is -2.11. The third-order valence-corrected chi connectivity index (χ3v) is 4.64. The van der Waals surface area contributed by atoms with Crippen molar-refractivity contribution in [3.63, 3.8) is 0 Å². The van der Waals surface area contributed by atoms with Crippen molar-refractivity contribution in [2.24, 2.45) is 0 Å². The number of benzene rings is 1. The van der Waals surface area contributed by atoms with E-state index in [2.05, 4.69) is 9.71 Å². The predicted molar refractivity (Wildman–Crippen MR) is 73.2 cm³/mol. The molecule has 0 aliphatic heterocycles. The molecule has 1 aromatic carbocycles. The Bertz CT molecular complexity index is 759. The Morgan fingerprint density at radius 3 is 2.74 bits per heavy atom. The summed E-state index contributed by atoms with van der Waals surface area (Å²) in [6.07, 6.45) is 1.57. The van der Waals surface area contributed by atoms with Crippen LogP contribution in [0.1, 0.15) is 10.4 Å². The number of hydrogen-bond donors (Lipinski definition) is 2. The zero-order chi connectivity index (χ0) is 14.0. The second-order valence-electron chi connectivity index (χ2n) is 3.75. The van der Waals surface area contributed by atoms with Gasteiger partial charge in [0.2, 0.25) is 0 Å². The molecule has 98 valence electrons. The van der Waals surface area contributed by atoms with Crippen LogP contribution in [0.3, 0.4) is 0 Å². The Morgan fingerprint density at radius 2 is 2.21 bits per heavy atom. The normalized spacial score (nSPS) is 10.9. The number of sulfonamides is 1. The molecule has 0 atom stereocenters. The summed E-state index contributed by atoms with van der Waals surface area (Å²) < 4.78 is 26.6. The van der Waals surface area contributed by atoms with Gasteiger partial charge in [-0.2, -0.15) is 5.26 Å². The van der Waals surface area contributed by atoms with Gasteiger partial charge in [0.1, 0.15) is 4.90 Å². The third kappa shape index (κ3) is 2.83. The number of thiazole rings is 1. The first-order chi connectivity index (χ1) is 8.92. The van der Waals surface area contributed by atoms with Gasteiger partial charge in [0.15, 0.2) is 5.13 Å². The van der Waals surface area contributed by atoms with Crippen LogP contribution < -0.4 is 10.5 Å². The van der Waals surface area contributed by atoms with Crippen LogP contribution >= 0.6 is 11.3 Å². The van der Waals surface area contributed by atoms with Gasteiger partial charge >= 0.3 is 0 Å². The van der Waals surface area contributed by atoms with E-state index in [1.807, 2.05) is 13.0 Å². The summed E-state index contributed by atoms with van der Waals surface area (Å²) in [4.78, 5) is 4.75. The van der Waals surface area contributed by atoms with Crippen LogP contribution in [0.4, 0.5) is 10.8 Å². The third-order valence-electron chi connectivity index (χ3n) is 2.27. The molecule has 0 unspecified atom stereocenters. The van der Waals surface area contributed by atoms with Crippen LogP contribution in [0.5, 0.6) is 0 Å². The van der Waals surface area contributed by atoms with E-state index in [1.165, 1.54) is 29.5 Å². The van der Waals surface area contributed by atoms with Crippen molar-refractivity contribution in [1.29, 1.82) is 5.26 Å². The summed E-state index contributed by atoms with van der Waals surface area (Å²) in [6, 6.07) is 5.92. The summed E-state index contributed by atoms with van der Waals surface area (Å²) >= 11 is 1.23. The molecule has 0 bridgehead atoms. The lowest BCUT2D eigenvalue weighted by molar-refractivity contribution is 0.601. The largest absolute Gasteiger partial charge is 0.398 e. The van der Waals surface area contributed by atoms with Crippen LogP contribution in [0.15, 0.2) is 29.3 Å². The number of hydrogen-bond acceptors (Lipinski definition) is 6. The van der Waals surface area contributed by atoms with Gasteiger partial charge in [-0.25, -0.2) is 13.4 Å². The van der Waals surface area contributed by atoms with Crippen molar-refractivity contribution >= 4 is 32.2 Å². The fraction of sp³-hybridized carbons (Fsp3) is 0.0909. The van der Waals surface area contributed by atoms with Gasteiger partial charge in [0.05, 0.1) is 17.3 Å². The summed E-state index contributed by atoms with van der Waals surface area (Å²) in [5.41, 5.74) is 5.99. The number of anilines is 2. The molecular weight excluding hydrogens is 284 g/mol. The van der Waals surface area contributed by atoms with Gasteiger partial charge in [-0.1, -0.05) is 0 Å². The van der Waals surface area contributed by atoms with E-state index >= 15 is 0 Å². The van der Waals surface area contributed by atoms with Crippen LogP contribution in [0, 0.1) is 18.3 Å². The Balaban J connectivity index is 2.37. The lowest BCUT2D eigenvalue weighted by atomic mass is 10.2. The van der Waals surface area contributed by atoms with E-state index in [0.717, 1.165) is 4.88 Å². The smallest absolute Gasteiger partial charge is 0.265 e. The highest BCUT2D eigenvalue weighted by atomic mass is 32.2. The molecule has 0 fully saturated rings. The number of nitrogens with two attached hydrogens (primary N) is 1. The number of nitriles is 1. The average Bonchev–Trinajstić information content (AvgIpc) is 2.73. The van der Waals surface area contributed by atoms with Gasteiger partial charge in [0, 0.05) is 11.1 Å². The van der Waals surface area contributed by atoms with Gasteiger partial charge in [-0.05, 0) is 25.1 Å². The maximum Gasteiger partial charge on any atom is 0.265 e. The minimum Gasteiger partial charge on any atom is -0.398 e. The zero-order valence-corrected chi connectivity index (χ0v) is 11.5. The van der Waals surface area contributed by atoms with Crippen molar-refractivity contribution in [3.8, 4) is 6.07 Å². The monoisotopic (exact) mass is 294 g/mol. The van der Waals surface area contributed by atoms with Crippen LogP contribution in [0.2, 0.25) is 0 Å². The standard InChI is InChI=1S/C11H10N4O2S2/c1-7-6-14-11(18-7)15-19(16,17)10-3-2-8(5-12)4-9(10)13/h2-4,6H,13H2,1H3,(H,14,15). The lowest BCUT2D eigenvalue weighted by Gasteiger charge is -2.07. The number of aryl methyl sites for hydroxylation is 1. The fourth-order valence-corrected chi connectivity index (χ4v) is 3.46. The van der Waals surface area contributed by atoms with Gasteiger partial charge < -0.3 is 5.73 Å². The number of nitrogens with zero attached hydrogens (tertiary/aromatic N) is 2. The van der Waals surface area contributed by atoms with Crippen molar-refractivity contribution in [2.45, 2.75) is 11.8 Å². The molecule has 0 amide bonds. The topological polar surface area (TPSA) is 109 Å². The molecular formula is C11H10N4O2S2. The Kier molecular flexibility index (Phi) is 3.42. The molecule has 0 radical (unpaired) electrons. The molecule has 1 aromatic heterocycles. The number of aromatic nitrogens is 1. The summed E-state index contributed by atoms with van der Waals surface area (Å²) in [5, 5.41) is 8.99. The Labute approximate surface area is 114 Å². The minimum absolute atomic E-state index is 0.0276.